The van der Waals surface area contributed by atoms with Gasteiger partial charge in [0, 0.05) is 13.1 Å². The van der Waals surface area contributed by atoms with Crippen LogP contribution in [0.3, 0.4) is 0 Å². The van der Waals surface area contributed by atoms with E-state index in [4.69, 9.17) is 10.5 Å². The molecule has 0 radical (unpaired) electrons. The molecule has 3 N–H and O–H groups in total. The smallest absolute Gasteiger partial charge is 0.333 e. The molecule has 0 bridgehead atoms. The van der Waals surface area contributed by atoms with Crippen molar-refractivity contribution in [2.75, 3.05) is 13.7 Å². The molecule has 0 amide bonds. The highest BCUT2D eigenvalue weighted by Gasteiger charge is 2.28. The minimum absolute atomic E-state index is 0.248. The first-order valence-corrected chi connectivity index (χ1v) is 6.43. The average molecular weight is 291 g/mol. The predicted molar refractivity (Wildman–Crippen MR) is 76.0 cm³/mol. The number of nitrogens with zero attached hydrogens (tertiary/aromatic N) is 2. The number of carbonyl (C=O) groups excluding carboxylic acids is 1. The molecule has 7 nitrogen and oxygen atoms in total. The molecule has 0 aliphatic carbocycles. The number of aromatic hydroxyl groups is 1. The lowest BCUT2D eigenvalue weighted by atomic mass is 10.1. The standard InChI is InChI=1S/C14H17N3O4/c1-21-13(19)12(10-5-3-2-4-6-10)17-11(18)9-16(8-7-15)14(17)20/h2-6,9,12,18H,7-8,15H2,1H3. The largest absolute Gasteiger partial charge is 0.493 e. The zero-order valence-corrected chi connectivity index (χ0v) is 11.6. The van der Waals surface area contributed by atoms with E-state index in [1.165, 1.54) is 17.9 Å². The third kappa shape index (κ3) is 2.82. The minimum Gasteiger partial charge on any atom is -0.493 e. The second kappa shape index (κ2) is 6.27. The van der Waals surface area contributed by atoms with Crippen LogP contribution in [0.1, 0.15) is 11.6 Å². The lowest BCUT2D eigenvalue weighted by Crippen LogP contribution is -2.33. The number of nitrogens with two attached hydrogens (primary N) is 1. The van der Waals surface area contributed by atoms with Crippen LogP contribution in [-0.4, -0.2) is 33.9 Å². The van der Waals surface area contributed by atoms with Gasteiger partial charge in [0.2, 0.25) is 5.88 Å². The van der Waals surface area contributed by atoms with Gasteiger partial charge in [-0.15, -0.1) is 0 Å². The highest BCUT2D eigenvalue weighted by atomic mass is 16.5. The van der Waals surface area contributed by atoms with Gasteiger partial charge in [-0.25, -0.2) is 14.2 Å². The molecular weight excluding hydrogens is 274 g/mol. The zero-order valence-electron chi connectivity index (χ0n) is 11.6. The molecule has 1 aromatic heterocycles. The fraction of sp³-hybridized carbons (Fsp3) is 0.286. The van der Waals surface area contributed by atoms with Crippen molar-refractivity contribution in [1.29, 1.82) is 0 Å². The van der Waals surface area contributed by atoms with Crippen LogP contribution < -0.4 is 11.4 Å². The first kappa shape index (κ1) is 14.9. The Bertz CT molecular complexity index is 675. The van der Waals surface area contributed by atoms with Crippen molar-refractivity contribution >= 4 is 5.97 Å². The topological polar surface area (TPSA) is 99.5 Å². The fourth-order valence-electron chi connectivity index (χ4n) is 2.17. The third-order valence-electron chi connectivity index (χ3n) is 3.14. The molecule has 0 saturated carbocycles. The molecule has 1 aromatic carbocycles. The number of hydrogen-bond acceptors (Lipinski definition) is 5. The van der Waals surface area contributed by atoms with E-state index in [2.05, 4.69) is 0 Å². The lowest BCUT2D eigenvalue weighted by molar-refractivity contribution is -0.143. The second-order valence-electron chi connectivity index (χ2n) is 4.46. The number of benzene rings is 1. The molecule has 0 fully saturated rings. The summed E-state index contributed by atoms with van der Waals surface area (Å²) in [4.78, 5) is 24.4. The summed E-state index contributed by atoms with van der Waals surface area (Å²) in [5.41, 5.74) is 5.45. The molecule has 1 heterocycles. The Balaban J connectivity index is 2.58. The summed E-state index contributed by atoms with van der Waals surface area (Å²) in [5, 5.41) is 10.0. The summed E-state index contributed by atoms with van der Waals surface area (Å²) in [6.07, 6.45) is 1.26. The summed E-state index contributed by atoms with van der Waals surface area (Å²) >= 11 is 0. The van der Waals surface area contributed by atoms with Crippen LogP contribution in [-0.2, 0) is 16.1 Å². The van der Waals surface area contributed by atoms with Crippen LogP contribution in [0.2, 0.25) is 0 Å². The molecule has 2 rings (SSSR count). The van der Waals surface area contributed by atoms with Gasteiger partial charge in [0.25, 0.3) is 0 Å². The summed E-state index contributed by atoms with van der Waals surface area (Å²) in [5.74, 6) is -0.947. The molecule has 1 atom stereocenters. The molecule has 7 heteroatoms. The van der Waals surface area contributed by atoms with Crippen LogP contribution in [0, 0.1) is 0 Å². The van der Waals surface area contributed by atoms with Crippen molar-refractivity contribution in [2.45, 2.75) is 12.6 Å². The second-order valence-corrected chi connectivity index (χ2v) is 4.46. The van der Waals surface area contributed by atoms with Gasteiger partial charge in [0.05, 0.1) is 13.3 Å². The summed E-state index contributed by atoms with van der Waals surface area (Å²) < 4.78 is 7.01. The Hall–Kier alpha value is -2.54. The zero-order chi connectivity index (χ0) is 15.4. The van der Waals surface area contributed by atoms with E-state index in [1.807, 2.05) is 0 Å². The normalized spacial score (nSPS) is 12.1. The van der Waals surface area contributed by atoms with Crippen molar-refractivity contribution in [3.8, 4) is 5.88 Å². The molecular formula is C14H17N3O4. The maximum Gasteiger partial charge on any atom is 0.333 e. The Morgan fingerprint density at radius 1 is 1.38 bits per heavy atom. The van der Waals surface area contributed by atoms with Crippen LogP contribution in [0.5, 0.6) is 5.88 Å². The number of hydrogen-bond donors (Lipinski definition) is 2. The highest BCUT2D eigenvalue weighted by Crippen LogP contribution is 2.23. The van der Waals surface area contributed by atoms with Crippen molar-refractivity contribution in [3.63, 3.8) is 0 Å². The van der Waals surface area contributed by atoms with E-state index in [9.17, 15) is 14.7 Å². The van der Waals surface area contributed by atoms with E-state index in [-0.39, 0.29) is 19.0 Å². The molecule has 0 aliphatic heterocycles. The SMILES string of the molecule is COC(=O)C(c1ccccc1)n1c(O)cn(CCN)c1=O. The summed E-state index contributed by atoms with van der Waals surface area (Å²) in [6.45, 7) is 0.500. The summed E-state index contributed by atoms with van der Waals surface area (Å²) in [7, 11) is 1.23. The number of rotatable bonds is 5. The number of aromatic nitrogens is 2. The van der Waals surface area contributed by atoms with E-state index in [0.29, 0.717) is 5.56 Å². The first-order chi connectivity index (χ1) is 10.1. The molecule has 112 valence electrons. The van der Waals surface area contributed by atoms with Gasteiger partial charge in [-0.3, -0.25) is 4.57 Å². The molecule has 1 unspecified atom stereocenters. The van der Waals surface area contributed by atoms with Crippen molar-refractivity contribution in [2.24, 2.45) is 5.73 Å². The average Bonchev–Trinajstić information content (AvgIpc) is 2.77. The molecule has 2 aromatic rings. The van der Waals surface area contributed by atoms with Crippen molar-refractivity contribution < 1.29 is 14.6 Å². The number of imidazole rings is 1. The van der Waals surface area contributed by atoms with E-state index < -0.39 is 17.7 Å². The van der Waals surface area contributed by atoms with E-state index in [0.717, 1.165) is 4.57 Å². The van der Waals surface area contributed by atoms with Crippen LogP contribution in [0.15, 0.2) is 41.3 Å². The van der Waals surface area contributed by atoms with Gasteiger partial charge in [0.15, 0.2) is 6.04 Å². The van der Waals surface area contributed by atoms with Crippen molar-refractivity contribution in [3.05, 3.63) is 52.6 Å². The molecule has 0 aliphatic rings. The van der Waals surface area contributed by atoms with E-state index >= 15 is 0 Å². The Morgan fingerprint density at radius 2 is 2.05 bits per heavy atom. The first-order valence-electron chi connectivity index (χ1n) is 6.43. The third-order valence-corrected chi connectivity index (χ3v) is 3.14. The van der Waals surface area contributed by atoms with E-state index in [1.54, 1.807) is 30.3 Å². The Morgan fingerprint density at radius 3 is 2.62 bits per heavy atom. The van der Waals surface area contributed by atoms with Crippen molar-refractivity contribution in [1.82, 2.24) is 9.13 Å². The number of ether oxygens (including phenoxy) is 1. The predicted octanol–water partition coefficient (Wildman–Crippen LogP) is 0.0765. The molecule has 21 heavy (non-hydrogen) atoms. The number of carbonyl (C=O) groups is 1. The number of methoxy groups -OCH3 is 1. The summed E-state index contributed by atoms with van der Waals surface area (Å²) in [6, 6.07) is 7.61. The Labute approximate surface area is 121 Å². The van der Waals surface area contributed by atoms with Gasteiger partial charge in [-0.2, -0.15) is 0 Å². The van der Waals surface area contributed by atoms with Crippen LogP contribution in [0.25, 0.3) is 0 Å². The van der Waals surface area contributed by atoms with Crippen LogP contribution >= 0.6 is 0 Å². The lowest BCUT2D eigenvalue weighted by Gasteiger charge is -2.16. The van der Waals surface area contributed by atoms with Gasteiger partial charge < -0.3 is 15.6 Å². The molecule has 0 spiro atoms. The van der Waals surface area contributed by atoms with Gasteiger partial charge >= 0.3 is 11.7 Å². The quantitative estimate of drug-likeness (QED) is 0.760. The minimum atomic E-state index is -1.04. The highest BCUT2D eigenvalue weighted by molar-refractivity contribution is 5.78. The van der Waals surface area contributed by atoms with Gasteiger partial charge in [-0.1, -0.05) is 30.3 Å². The molecule has 0 saturated heterocycles. The van der Waals surface area contributed by atoms with Gasteiger partial charge in [0.1, 0.15) is 0 Å². The maximum atomic E-state index is 12.3. The Kier molecular flexibility index (Phi) is 4.44. The number of esters is 1. The maximum absolute atomic E-state index is 12.3. The van der Waals surface area contributed by atoms with Gasteiger partial charge in [-0.05, 0) is 5.56 Å². The fourth-order valence-corrected chi connectivity index (χ4v) is 2.17. The monoisotopic (exact) mass is 291 g/mol. The van der Waals surface area contributed by atoms with Crippen LogP contribution in [0.4, 0.5) is 0 Å².